The van der Waals surface area contributed by atoms with Crippen LogP contribution in [-0.4, -0.2) is 20.7 Å². The van der Waals surface area contributed by atoms with Gasteiger partial charge in [0.25, 0.3) is 0 Å². The van der Waals surface area contributed by atoms with Gasteiger partial charge in [0.05, 0.1) is 11.7 Å². The van der Waals surface area contributed by atoms with Crippen molar-refractivity contribution in [2.45, 2.75) is 19.3 Å². The van der Waals surface area contributed by atoms with E-state index < -0.39 is 0 Å². The second-order valence-electron chi connectivity index (χ2n) is 8.37. The van der Waals surface area contributed by atoms with Crippen molar-refractivity contribution < 1.29 is 4.79 Å². The summed E-state index contributed by atoms with van der Waals surface area (Å²) in [7, 11) is 0. The summed E-state index contributed by atoms with van der Waals surface area (Å²) in [5.41, 5.74) is 4.23. The first-order valence-corrected chi connectivity index (χ1v) is 11.4. The number of anilines is 1. The van der Waals surface area contributed by atoms with E-state index >= 15 is 0 Å². The number of benzene rings is 3. The molecule has 0 atom stereocenters. The van der Waals surface area contributed by atoms with Crippen molar-refractivity contribution in [3.63, 3.8) is 0 Å². The smallest absolute Gasteiger partial charge is 0.226 e. The number of nitrogens with zero attached hydrogens (tertiary/aromatic N) is 4. The van der Waals surface area contributed by atoms with E-state index in [9.17, 15) is 10.1 Å². The van der Waals surface area contributed by atoms with Crippen molar-refractivity contribution in [3.8, 4) is 11.9 Å². The summed E-state index contributed by atoms with van der Waals surface area (Å²) in [5.74, 6) is 0.527. The van der Waals surface area contributed by atoms with Crippen molar-refractivity contribution >= 4 is 22.6 Å². The van der Waals surface area contributed by atoms with Crippen molar-refractivity contribution in [1.29, 1.82) is 5.26 Å². The molecule has 0 fully saturated rings. The number of rotatable bonds is 6. The van der Waals surface area contributed by atoms with Crippen LogP contribution in [0.15, 0.2) is 97.2 Å². The standard InChI is InChI=1S/C29H23N5O/c1-20-16-27(32-26-15-9-8-14-24(20)26)34-29(23(18-30)19-31-34)33-28(35)17-25(21-10-4-2-5-11-21)22-12-6-3-7-13-22/h2-16,19,25H,17H2,1H3,(H,33,35). The van der Waals surface area contributed by atoms with Gasteiger partial charge in [-0.2, -0.15) is 15.0 Å². The largest absolute Gasteiger partial charge is 0.309 e. The molecule has 0 unspecified atom stereocenters. The average Bonchev–Trinajstić information content (AvgIpc) is 3.30. The molecule has 0 aliphatic carbocycles. The fourth-order valence-corrected chi connectivity index (χ4v) is 4.33. The minimum atomic E-state index is -0.210. The van der Waals surface area contributed by atoms with Crippen LogP contribution in [0, 0.1) is 18.3 Å². The first-order chi connectivity index (χ1) is 17.1. The molecule has 0 bridgehead atoms. The summed E-state index contributed by atoms with van der Waals surface area (Å²) < 4.78 is 1.52. The van der Waals surface area contributed by atoms with Crippen LogP contribution >= 0.6 is 0 Å². The van der Waals surface area contributed by atoms with Crippen LogP contribution in [0.1, 0.15) is 34.6 Å². The molecule has 0 saturated heterocycles. The van der Waals surface area contributed by atoms with Gasteiger partial charge in [-0.05, 0) is 35.7 Å². The van der Waals surface area contributed by atoms with E-state index in [4.69, 9.17) is 4.98 Å². The van der Waals surface area contributed by atoms with Crippen molar-refractivity contribution in [2.24, 2.45) is 0 Å². The molecule has 0 saturated carbocycles. The molecule has 1 N–H and O–H groups in total. The van der Waals surface area contributed by atoms with Crippen LogP contribution in [0.3, 0.4) is 0 Å². The first kappa shape index (κ1) is 22.1. The van der Waals surface area contributed by atoms with Gasteiger partial charge in [0.15, 0.2) is 11.6 Å². The highest BCUT2D eigenvalue weighted by molar-refractivity contribution is 5.92. The van der Waals surface area contributed by atoms with Gasteiger partial charge in [0.2, 0.25) is 5.91 Å². The summed E-state index contributed by atoms with van der Waals surface area (Å²) in [4.78, 5) is 18.0. The van der Waals surface area contributed by atoms with Crippen LogP contribution in [0.4, 0.5) is 5.82 Å². The summed E-state index contributed by atoms with van der Waals surface area (Å²) in [6, 6.07) is 31.8. The Kier molecular flexibility index (Phi) is 6.06. The normalized spacial score (nSPS) is 10.9. The van der Waals surface area contributed by atoms with Gasteiger partial charge in [0.1, 0.15) is 11.6 Å². The Morgan fingerprint density at radius 2 is 1.60 bits per heavy atom. The fraction of sp³-hybridized carbons (Fsp3) is 0.103. The molecule has 5 aromatic rings. The van der Waals surface area contributed by atoms with Gasteiger partial charge in [0, 0.05) is 17.7 Å². The highest BCUT2D eigenvalue weighted by Crippen LogP contribution is 2.29. The summed E-state index contributed by atoms with van der Waals surface area (Å²) in [6.07, 6.45) is 1.67. The Morgan fingerprint density at radius 3 is 2.26 bits per heavy atom. The van der Waals surface area contributed by atoms with E-state index in [0.717, 1.165) is 27.6 Å². The monoisotopic (exact) mass is 457 g/mol. The van der Waals surface area contributed by atoms with Crippen molar-refractivity contribution in [2.75, 3.05) is 5.32 Å². The maximum absolute atomic E-state index is 13.3. The van der Waals surface area contributed by atoms with Crippen molar-refractivity contribution in [1.82, 2.24) is 14.8 Å². The molecule has 6 heteroatoms. The molecular weight excluding hydrogens is 434 g/mol. The number of hydrogen-bond acceptors (Lipinski definition) is 4. The van der Waals surface area contributed by atoms with E-state index in [-0.39, 0.29) is 23.8 Å². The molecule has 35 heavy (non-hydrogen) atoms. The van der Waals surface area contributed by atoms with Gasteiger partial charge in [-0.3, -0.25) is 4.79 Å². The zero-order chi connectivity index (χ0) is 24.2. The SMILES string of the molecule is Cc1cc(-n2ncc(C#N)c2NC(=O)CC(c2ccccc2)c2ccccc2)nc2ccccc12. The molecule has 2 aromatic heterocycles. The van der Waals surface area contributed by atoms with E-state index in [1.807, 2.05) is 97.9 Å². The Labute approximate surface area is 203 Å². The number of pyridine rings is 1. The molecule has 0 radical (unpaired) electrons. The molecule has 3 aromatic carbocycles. The number of para-hydroxylation sites is 1. The Bertz CT molecular complexity index is 1490. The second-order valence-corrected chi connectivity index (χ2v) is 8.37. The van der Waals surface area contributed by atoms with Crippen LogP contribution < -0.4 is 5.32 Å². The Hall–Kier alpha value is -4.76. The van der Waals surface area contributed by atoms with Crippen LogP contribution in [0.5, 0.6) is 0 Å². The Balaban J connectivity index is 1.48. The lowest BCUT2D eigenvalue weighted by molar-refractivity contribution is -0.116. The average molecular weight is 458 g/mol. The lowest BCUT2D eigenvalue weighted by Gasteiger charge is -2.18. The van der Waals surface area contributed by atoms with E-state index in [1.54, 1.807) is 0 Å². The zero-order valence-corrected chi connectivity index (χ0v) is 19.2. The number of nitriles is 1. The minimum absolute atomic E-state index is 0.125. The number of fused-ring (bicyclic) bond motifs is 1. The molecule has 1 amide bonds. The quantitative estimate of drug-likeness (QED) is 0.351. The molecule has 0 spiro atoms. The van der Waals surface area contributed by atoms with Crippen LogP contribution in [0.2, 0.25) is 0 Å². The van der Waals surface area contributed by atoms with Gasteiger partial charge in [-0.25, -0.2) is 4.98 Å². The maximum Gasteiger partial charge on any atom is 0.226 e. The zero-order valence-electron chi connectivity index (χ0n) is 19.2. The second kappa shape index (κ2) is 9.62. The molecule has 0 aliphatic heterocycles. The number of hydrogen-bond donors (Lipinski definition) is 1. The van der Waals surface area contributed by atoms with Gasteiger partial charge < -0.3 is 5.32 Å². The number of aromatic nitrogens is 3. The van der Waals surface area contributed by atoms with Gasteiger partial charge >= 0.3 is 0 Å². The molecule has 170 valence electrons. The summed E-state index contributed by atoms with van der Waals surface area (Å²) in [5, 5.41) is 18.0. The van der Waals surface area contributed by atoms with Crippen LogP contribution in [-0.2, 0) is 4.79 Å². The van der Waals surface area contributed by atoms with Gasteiger partial charge in [-0.1, -0.05) is 78.9 Å². The number of nitrogens with one attached hydrogen (secondary N) is 1. The molecule has 2 heterocycles. The van der Waals surface area contributed by atoms with Crippen molar-refractivity contribution in [3.05, 3.63) is 119 Å². The topological polar surface area (TPSA) is 83.6 Å². The highest BCUT2D eigenvalue weighted by atomic mass is 16.1. The number of carbonyl (C=O) groups excluding carboxylic acids is 1. The Morgan fingerprint density at radius 1 is 0.971 bits per heavy atom. The van der Waals surface area contributed by atoms with Crippen LogP contribution in [0.25, 0.3) is 16.7 Å². The van der Waals surface area contributed by atoms with E-state index in [2.05, 4.69) is 16.5 Å². The maximum atomic E-state index is 13.3. The summed E-state index contributed by atoms with van der Waals surface area (Å²) >= 11 is 0. The number of carbonyl (C=O) groups is 1. The molecule has 6 nitrogen and oxygen atoms in total. The lowest BCUT2D eigenvalue weighted by atomic mass is 9.88. The third kappa shape index (κ3) is 4.53. The van der Waals surface area contributed by atoms with Gasteiger partial charge in [-0.15, -0.1) is 0 Å². The third-order valence-electron chi connectivity index (χ3n) is 6.07. The lowest BCUT2D eigenvalue weighted by Crippen LogP contribution is -2.19. The number of aryl methyl sites for hydroxylation is 1. The predicted octanol–water partition coefficient (Wildman–Crippen LogP) is 5.76. The molecule has 0 aliphatic rings. The molecule has 5 rings (SSSR count). The first-order valence-electron chi connectivity index (χ1n) is 11.4. The summed E-state index contributed by atoms with van der Waals surface area (Å²) in [6.45, 7) is 2.00. The highest BCUT2D eigenvalue weighted by Gasteiger charge is 2.21. The van der Waals surface area contributed by atoms with E-state index in [1.165, 1.54) is 10.9 Å². The number of amides is 1. The minimum Gasteiger partial charge on any atom is -0.309 e. The third-order valence-corrected chi connectivity index (χ3v) is 6.07. The predicted molar refractivity (Wildman–Crippen MR) is 136 cm³/mol. The van der Waals surface area contributed by atoms with E-state index in [0.29, 0.717) is 11.6 Å². The molecular formula is C29H23N5O. The fourth-order valence-electron chi connectivity index (χ4n) is 4.33.